The molecule has 4 nitrogen and oxygen atoms in total. The maximum atomic E-state index is 9.21. The van der Waals surface area contributed by atoms with E-state index in [0.717, 1.165) is 49.2 Å². The molecule has 0 spiro atoms. The van der Waals surface area contributed by atoms with Gasteiger partial charge in [0.1, 0.15) is 6.07 Å². The predicted octanol–water partition coefficient (Wildman–Crippen LogP) is 3.51. The molecule has 27 heavy (non-hydrogen) atoms. The third-order valence-electron chi connectivity index (χ3n) is 5.11. The highest BCUT2D eigenvalue weighted by atomic mass is 32.1. The van der Waals surface area contributed by atoms with Gasteiger partial charge in [-0.25, -0.2) is 0 Å². The lowest BCUT2D eigenvalue weighted by molar-refractivity contribution is 0.609. The van der Waals surface area contributed by atoms with E-state index in [1.807, 2.05) is 39.2 Å². The summed E-state index contributed by atoms with van der Waals surface area (Å²) in [6.07, 6.45) is 3.16. The zero-order chi connectivity index (χ0) is 19.7. The number of hydrogen-bond donors (Lipinski definition) is 2. The fourth-order valence-electron chi connectivity index (χ4n) is 3.24. The summed E-state index contributed by atoms with van der Waals surface area (Å²) in [4.78, 5) is 2.06. The molecule has 0 aliphatic carbocycles. The Kier molecular flexibility index (Phi) is 5.11. The molecule has 1 heterocycles. The van der Waals surface area contributed by atoms with E-state index in [-0.39, 0.29) is 0 Å². The first-order valence-corrected chi connectivity index (χ1v) is 9.10. The Morgan fingerprint density at radius 2 is 1.70 bits per heavy atom. The average molecular weight is 375 g/mol. The van der Waals surface area contributed by atoms with E-state index in [9.17, 15) is 5.26 Å². The van der Waals surface area contributed by atoms with Crippen molar-refractivity contribution in [2.75, 3.05) is 7.05 Å². The Hall–Kier alpha value is -2.97. The lowest BCUT2D eigenvalue weighted by atomic mass is 10.1. The number of nitrogens with zero attached hydrogens (tertiary/aromatic N) is 3. The zero-order valence-corrected chi connectivity index (χ0v) is 16.8. The van der Waals surface area contributed by atoms with Crippen LogP contribution in [0.4, 0.5) is 0 Å². The van der Waals surface area contributed by atoms with Crippen molar-refractivity contribution in [1.82, 2.24) is 9.47 Å². The SMILES string of the molecule is C/C=C(\C)N(C)/C(S)=c1/ccc2c3cc/c(=C(\C#N)C=N)cc3n(C)c2c1. The van der Waals surface area contributed by atoms with Crippen LogP contribution in [0.1, 0.15) is 13.8 Å². The molecule has 5 heteroatoms. The van der Waals surface area contributed by atoms with E-state index in [0.29, 0.717) is 5.57 Å². The summed E-state index contributed by atoms with van der Waals surface area (Å²) in [6.45, 7) is 4.07. The van der Waals surface area contributed by atoms with Crippen molar-refractivity contribution in [2.45, 2.75) is 13.8 Å². The van der Waals surface area contributed by atoms with E-state index in [1.54, 1.807) is 0 Å². The number of allylic oxidation sites excluding steroid dienone is 2. The number of nitrogens with one attached hydrogen (secondary N) is 1. The van der Waals surface area contributed by atoms with Gasteiger partial charge < -0.3 is 14.9 Å². The standard InChI is InChI=1S/C22H22N4S/c1-5-14(2)25(3)22(27)16-7-9-19-18-8-6-15(17(12-23)13-24)10-20(18)26(4)21(19)11-16/h5-12,23,27H,1-4H3/b14-5+,17-15+,22-16+,23-12?. The highest BCUT2D eigenvalue weighted by Gasteiger charge is 2.10. The van der Waals surface area contributed by atoms with Crippen molar-refractivity contribution in [2.24, 2.45) is 7.05 Å². The van der Waals surface area contributed by atoms with E-state index >= 15 is 0 Å². The summed E-state index contributed by atoms with van der Waals surface area (Å²) in [5, 5.41) is 21.6. The van der Waals surface area contributed by atoms with Crippen LogP contribution in [0, 0.1) is 16.7 Å². The summed E-state index contributed by atoms with van der Waals surface area (Å²) >= 11 is 4.73. The van der Waals surface area contributed by atoms with Crippen LogP contribution in [-0.2, 0) is 7.05 Å². The van der Waals surface area contributed by atoms with Gasteiger partial charge in [0, 0.05) is 53.0 Å². The minimum Gasteiger partial charge on any atom is -0.344 e. The molecular formula is C22H22N4S. The van der Waals surface area contributed by atoms with Crippen LogP contribution in [-0.4, -0.2) is 22.7 Å². The summed E-state index contributed by atoms with van der Waals surface area (Å²) in [6, 6.07) is 14.3. The molecule has 0 radical (unpaired) electrons. The summed E-state index contributed by atoms with van der Waals surface area (Å²) in [5.41, 5.74) is 3.63. The van der Waals surface area contributed by atoms with Crippen LogP contribution in [0.3, 0.4) is 0 Å². The van der Waals surface area contributed by atoms with Crippen molar-refractivity contribution in [3.8, 4) is 6.07 Å². The average Bonchev–Trinajstić information content (AvgIpc) is 2.98. The Morgan fingerprint density at radius 3 is 2.22 bits per heavy atom. The summed E-state index contributed by atoms with van der Waals surface area (Å²) in [7, 11) is 4.03. The molecule has 136 valence electrons. The first-order valence-electron chi connectivity index (χ1n) is 8.66. The second-order valence-corrected chi connectivity index (χ2v) is 6.93. The van der Waals surface area contributed by atoms with Gasteiger partial charge in [0.15, 0.2) is 0 Å². The van der Waals surface area contributed by atoms with Crippen molar-refractivity contribution >= 4 is 51.3 Å². The number of aryl methyl sites for hydroxylation is 1. The monoisotopic (exact) mass is 374 g/mol. The van der Waals surface area contributed by atoms with Crippen molar-refractivity contribution in [1.29, 1.82) is 10.7 Å². The first kappa shape index (κ1) is 18.8. The molecule has 0 atom stereocenters. The van der Waals surface area contributed by atoms with Crippen LogP contribution < -0.4 is 10.4 Å². The minimum absolute atomic E-state index is 0.359. The van der Waals surface area contributed by atoms with Gasteiger partial charge in [0.05, 0.1) is 10.6 Å². The number of fused-ring (bicyclic) bond motifs is 3. The molecule has 1 aromatic heterocycles. The molecule has 0 saturated heterocycles. The Balaban J connectivity index is 2.35. The fourth-order valence-corrected chi connectivity index (χ4v) is 3.54. The van der Waals surface area contributed by atoms with Crippen molar-refractivity contribution < 1.29 is 0 Å². The first-order chi connectivity index (χ1) is 12.9. The molecular weight excluding hydrogens is 352 g/mol. The van der Waals surface area contributed by atoms with E-state index < -0.39 is 0 Å². The maximum absolute atomic E-state index is 9.21. The number of rotatable bonds is 3. The quantitative estimate of drug-likeness (QED) is 0.544. The molecule has 0 aliphatic rings. The van der Waals surface area contributed by atoms with Gasteiger partial charge in [0.25, 0.3) is 0 Å². The van der Waals surface area contributed by atoms with Crippen LogP contribution in [0.2, 0.25) is 0 Å². The van der Waals surface area contributed by atoms with Crippen LogP contribution in [0.5, 0.6) is 0 Å². The summed E-state index contributed by atoms with van der Waals surface area (Å²) < 4.78 is 2.13. The fraction of sp³-hybridized carbons (Fsp3) is 0.182. The molecule has 0 saturated carbocycles. The second kappa shape index (κ2) is 7.34. The van der Waals surface area contributed by atoms with Crippen LogP contribution in [0.25, 0.3) is 32.4 Å². The molecule has 1 N–H and O–H groups in total. The van der Waals surface area contributed by atoms with E-state index in [4.69, 9.17) is 18.0 Å². The second-order valence-electron chi connectivity index (χ2n) is 6.51. The van der Waals surface area contributed by atoms with Crippen molar-refractivity contribution in [3.63, 3.8) is 0 Å². The number of thiol groups is 1. The van der Waals surface area contributed by atoms with Gasteiger partial charge >= 0.3 is 0 Å². The summed E-state index contributed by atoms with van der Waals surface area (Å²) in [5.74, 6) is 0. The van der Waals surface area contributed by atoms with Gasteiger partial charge in [-0.3, -0.25) is 0 Å². The third-order valence-corrected chi connectivity index (χ3v) is 5.67. The Labute approximate surface area is 164 Å². The van der Waals surface area contributed by atoms with E-state index in [1.165, 1.54) is 0 Å². The molecule has 2 aromatic carbocycles. The Bertz CT molecular complexity index is 1260. The van der Waals surface area contributed by atoms with Crippen LogP contribution in [0.15, 0.2) is 48.2 Å². The number of hydrogen-bond acceptors (Lipinski definition) is 4. The molecule has 0 fully saturated rings. The third kappa shape index (κ3) is 3.13. The predicted molar refractivity (Wildman–Crippen MR) is 117 cm³/mol. The number of benzene rings is 2. The highest BCUT2D eigenvalue weighted by molar-refractivity contribution is 7.89. The minimum atomic E-state index is 0.359. The molecule has 0 unspecified atom stereocenters. The molecule has 0 amide bonds. The maximum Gasteiger partial charge on any atom is 0.101 e. The van der Waals surface area contributed by atoms with Gasteiger partial charge in [-0.1, -0.05) is 30.3 Å². The largest absolute Gasteiger partial charge is 0.344 e. The van der Waals surface area contributed by atoms with Crippen molar-refractivity contribution in [3.05, 3.63) is 58.6 Å². The lowest BCUT2D eigenvalue weighted by Crippen LogP contribution is -2.18. The topological polar surface area (TPSA) is 55.8 Å². The van der Waals surface area contributed by atoms with Gasteiger partial charge in [0.2, 0.25) is 0 Å². The zero-order valence-electron chi connectivity index (χ0n) is 15.9. The lowest BCUT2D eigenvalue weighted by Gasteiger charge is -2.19. The Morgan fingerprint density at radius 1 is 1.15 bits per heavy atom. The molecule has 0 aliphatic heterocycles. The van der Waals surface area contributed by atoms with Gasteiger partial charge in [-0.05, 0) is 31.2 Å². The molecule has 0 bridgehead atoms. The van der Waals surface area contributed by atoms with Crippen LogP contribution >= 0.6 is 12.6 Å². The highest BCUT2D eigenvalue weighted by Crippen LogP contribution is 2.26. The molecule has 3 rings (SSSR count). The number of nitriles is 1. The smallest absolute Gasteiger partial charge is 0.101 e. The number of aromatic nitrogens is 1. The van der Waals surface area contributed by atoms with E-state index in [2.05, 4.69) is 46.7 Å². The van der Waals surface area contributed by atoms with Gasteiger partial charge in [-0.15, -0.1) is 12.6 Å². The normalized spacial score (nSPS) is 14.1. The van der Waals surface area contributed by atoms with Gasteiger partial charge in [-0.2, -0.15) is 5.26 Å². The molecule has 3 aromatic rings.